The summed E-state index contributed by atoms with van der Waals surface area (Å²) in [7, 11) is 0. The van der Waals surface area contributed by atoms with Crippen molar-refractivity contribution < 1.29 is 20.4 Å². The van der Waals surface area contributed by atoms with Crippen molar-refractivity contribution in [2.75, 3.05) is 0 Å². The number of aryl methyl sites for hydroxylation is 2. The number of rotatable bonds is 2. The molecule has 2 aliphatic rings. The van der Waals surface area contributed by atoms with Gasteiger partial charge in [-0.3, -0.25) is 9.98 Å². The molecule has 188 valence electrons. The first-order chi connectivity index (χ1) is 15.8. The first kappa shape index (κ1) is 28.8. The van der Waals surface area contributed by atoms with E-state index in [1.807, 2.05) is 0 Å². The van der Waals surface area contributed by atoms with E-state index in [-0.39, 0.29) is 20.4 Å². The second-order valence-electron chi connectivity index (χ2n) is 9.62. The van der Waals surface area contributed by atoms with Crippen molar-refractivity contribution >= 4 is 23.6 Å². The maximum absolute atomic E-state index is 4.59. The van der Waals surface area contributed by atoms with Crippen LogP contribution in [0.2, 0.25) is 0 Å². The molecule has 4 rings (SSSR count). The smallest absolute Gasteiger partial charge is 0.661 e. The number of allylic oxidation sites excluding steroid dienone is 4. The molecule has 2 aliphatic heterocycles. The van der Waals surface area contributed by atoms with Crippen molar-refractivity contribution in [2.24, 2.45) is 9.98 Å². The minimum atomic E-state index is 0. The molecule has 2 aromatic rings. The third-order valence-corrected chi connectivity index (χ3v) is 7.66. The van der Waals surface area contributed by atoms with Crippen molar-refractivity contribution in [3.63, 3.8) is 0 Å². The topological polar surface area (TPSA) is 52.9 Å². The van der Waals surface area contributed by atoms with Crippen LogP contribution in [0.1, 0.15) is 86.6 Å². The predicted octanol–water partition coefficient (Wildman–Crippen LogP) is 7.44. The molecular formula is C30H38N4Pd. The van der Waals surface area contributed by atoms with Crippen molar-refractivity contribution in [1.29, 1.82) is 0 Å². The maximum Gasteiger partial charge on any atom is 2.00 e. The summed E-state index contributed by atoms with van der Waals surface area (Å²) in [4.78, 5) is 18.4. The fourth-order valence-electron chi connectivity index (χ4n) is 4.07. The summed E-state index contributed by atoms with van der Waals surface area (Å²) in [5, 5.41) is 0. The van der Waals surface area contributed by atoms with Gasteiger partial charge in [0.05, 0.1) is 11.4 Å². The van der Waals surface area contributed by atoms with Crippen molar-refractivity contribution in [1.82, 2.24) is 9.97 Å². The summed E-state index contributed by atoms with van der Waals surface area (Å²) in [6.45, 7) is 25.2. The molecule has 4 heterocycles. The second-order valence-corrected chi connectivity index (χ2v) is 9.62. The van der Waals surface area contributed by atoms with Crippen LogP contribution in [0.5, 0.6) is 0 Å². The molecular weight excluding hydrogens is 523 g/mol. The summed E-state index contributed by atoms with van der Waals surface area (Å²) in [6, 6.07) is 0. The van der Waals surface area contributed by atoms with Crippen LogP contribution in [0.4, 0.5) is 0 Å². The van der Waals surface area contributed by atoms with Crippen LogP contribution in [0.3, 0.4) is 0 Å². The van der Waals surface area contributed by atoms with Crippen LogP contribution in [0.15, 0.2) is 43.7 Å². The van der Waals surface area contributed by atoms with E-state index in [2.05, 4.69) is 115 Å². The van der Waals surface area contributed by atoms with Gasteiger partial charge >= 0.3 is 20.4 Å². The van der Waals surface area contributed by atoms with Crippen LogP contribution in [0.25, 0.3) is 12.2 Å². The summed E-state index contributed by atoms with van der Waals surface area (Å²) >= 11 is 0. The minimum Gasteiger partial charge on any atom is -0.661 e. The second kappa shape index (κ2) is 11.1. The molecule has 5 heteroatoms. The normalized spacial score (nSPS) is 17.7. The van der Waals surface area contributed by atoms with E-state index in [1.54, 1.807) is 0 Å². The van der Waals surface area contributed by atoms with Gasteiger partial charge in [0.15, 0.2) is 0 Å². The molecule has 0 aliphatic carbocycles. The zero-order chi connectivity index (χ0) is 25.5. The van der Waals surface area contributed by atoms with E-state index in [0.29, 0.717) is 0 Å². The van der Waals surface area contributed by atoms with Gasteiger partial charge in [0.25, 0.3) is 0 Å². The van der Waals surface area contributed by atoms with Crippen LogP contribution in [-0.4, -0.2) is 11.4 Å². The Labute approximate surface area is 225 Å². The monoisotopic (exact) mass is 560 g/mol. The largest absolute Gasteiger partial charge is 2.00 e. The van der Waals surface area contributed by atoms with Crippen molar-refractivity contribution in [3.8, 4) is 0 Å². The molecule has 0 saturated heterocycles. The van der Waals surface area contributed by atoms with E-state index >= 15 is 0 Å². The standard InChI is InChI=1S/2C15H19N2.Pd/c2*1-8-10(3)14(16-12(8)5)7-15-11(4)9(2)13(6)17-15;/h2*7H,1-6H3;/q2*-1;+2/b2*14-7-;. The Morgan fingerprint density at radius 3 is 0.971 bits per heavy atom. The Morgan fingerprint density at radius 1 is 0.457 bits per heavy atom. The van der Waals surface area contributed by atoms with Gasteiger partial charge in [0.1, 0.15) is 0 Å². The van der Waals surface area contributed by atoms with Crippen molar-refractivity contribution in [2.45, 2.75) is 83.1 Å². The molecule has 4 nitrogen and oxygen atoms in total. The van der Waals surface area contributed by atoms with Gasteiger partial charge < -0.3 is 9.97 Å². The fourth-order valence-corrected chi connectivity index (χ4v) is 4.07. The first-order valence-corrected chi connectivity index (χ1v) is 11.9. The zero-order valence-corrected chi connectivity index (χ0v) is 24.8. The van der Waals surface area contributed by atoms with Crippen molar-refractivity contribution in [3.05, 3.63) is 78.7 Å². The van der Waals surface area contributed by atoms with Gasteiger partial charge in [-0.1, -0.05) is 48.3 Å². The molecule has 0 amide bonds. The van der Waals surface area contributed by atoms with Gasteiger partial charge in [-0.15, -0.1) is 11.4 Å². The number of aromatic nitrogens is 2. The number of nitrogens with zero attached hydrogens (tertiary/aromatic N) is 4. The van der Waals surface area contributed by atoms with Crippen LogP contribution in [-0.2, 0) is 20.4 Å². The van der Waals surface area contributed by atoms with Gasteiger partial charge in [-0.2, -0.15) is 11.4 Å². The summed E-state index contributed by atoms with van der Waals surface area (Å²) < 4.78 is 0. The number of hydrogen-bond acceptors (Lipinski definition) is 2. The molecule has 0 spiro atoms. The minimum absolute atomic E-state index is 0. The van der Waals surface area contributed by atoms with E-state index in [1.165, 1.54) is 44.5 Å². The van der Waals surface area contributed by atoms with Gasteiger partial charge in [-0.05, 0) is 91.5 Å². The first-order valence-electron chi connectivity index (χ1n) is 11.9. The molecule has 0 saturated carbocycles. The third kappa shape index (κ3) is 5.68. The summed E-state index contributed by atoms with van der Waals surface area (Å²) in [5.41, 5.74) is 18.9. The van der Waals surface area contributed by atoms with E-state index in [0.717, 1.165) is 45.6 Å². The molecule has 0 bridgehead atoms. The molecule has 0 fully saturated rings. The average molecular weight is 561 g/mol. The Balaban J connectivity index is 0.000000240. The Kier molecular flexibility index (Phi) is 9.09. The molecule has 2 aromatic heterocycles. The Hall–Kier alpha value is -2.48. The molecule has 0 N–H and O–H groups in total. The number of hydrogen-bond donors (Lipinski definition) is 0. The third-order valence-electron chi connectivity index (χ3n) is 7.66. The predicted molar refractivity (Wildman–Crippen MR) is 147 cm³/mol. The quantitative estimate of drug-likeness (QED) is 0.358. The molecule has 0 atom stereocenters. The van der Waals surface area contributed by atoms with Gasteiger partial charge in [0.2, 0.25) is 0 Å². The maximum atomic E-state index is 4.59. The Morgan fingerprint density at radius 2 is 0.771 bits per heavy atom. The van der Waals surface area contributed by atoms with E-state index in [4.69, 9.17) is 0 Å². The molecule has 0 aromatic carbocycles. The summed E-state index contributed by atoms with van der Waals surface area (Å²) in [6.07, 6.45) is 4.20. The molecule has 0 radical (unpaired) electrons. The van der Waals surface area contributed by atoms with Crippen LogP contribution >= 0.6 is 0 Å². The van der Waals surface area contributed by atoms with E-state index < -0.39 is 0 Å². The van der Waals surface area contributed by atoms with Crippen LogP contribution < -0.4 is 9.97 Å². The summed E-state index contributed by atoms with van der Waals surface area (Å²) in [5.74, 6) is 0. The molecule has 35 heavy (non-hydrogen) atoms. The fraction of sp³-hybridized carbons (Fsp3) is 0.400. The average Bonchev–Trinajstić information content (AvgIpc) is 3.37. The number of aliphatic imine (C=N–C) groups is 2. The zero-order valence-electron chi connectivity index (χ0n) is 23.3. The van der Waals surface area contributed by atoms with Gasteiger partial charge in [-0.25, -0.2) is 0 Å². The van der Waals surface area contributed by atoms with Crippen LogP contribution in [0, 0.1) is 41.5 Å². The van der Waals surface area contributed by atoms with Gasteiger partial charge in [0, 0.05) is 11.4 Å². The Bertz CT molecular complexity index is 1240. The molecule has 0 unspecified atom stereocenters. The SMILES string of the molecule is CC1=N/C(=C\c2[n-]c(C)c(C)c2C)C(C)=C1C.CC1=N/C(=C\c2[n-]c(C)c(C)c2C)C(C)=C1C.[Pd+2]. The van der Waals surface area contributed by atoms with E-state index in [9.17, 15) is 0 Å².